The second-order valence-corrected chi connectivity index (χ2v) is 6.05. The van der Waals surface area contributed by atoms with Crippen LogP contribution in [0.2, 0.25) is 0 Å². The first kappa shape index (κ1) is 16.6. The minimum atomic E-state index is -0.395. The number of carbonyl (C=O) groups excluding carboxylic acids is 1. The summed E-state index contributed by atoms with van der Waals surface area (Å²) in [5, 5.41) is 11.0. The first-order chi connectivity index (χ1) is 13.1. The molecule has 0 amide bonds. The zero-order valence-electron chi connectivity index (χ0n) is 14.3. The van der Waals surface area contributed by atoms with Gasteiger partial charge < -0.3 is 14.7 Å². The molecule has 0 aliphatic carbocycles. The first-order valence-electron chi connectivity index (χ1n) is 8.19. The van der Waals surface area contributed by atoms with Crippen LogP contribution in [0.3, 0.4) is 0 Å². The smallest absolute Gasteiger partial charge is 0.205 e. The largest absolute Gasteiger partial charge is 0.497 e. The van der Waals surface area contributed by atoms with Crippen molar-refractivity contribution < 1.29 is 13.9 Å². The number of benzene rings is 2. The Kier molecular flexibility index (Phi) is 3.98. The summed E-state index contributed by atoms with van der Waals surface area (Å²) in [5.74, 6) is -0.130. The molecule has 2 N–H and O–H groups in total. The second-order valence-electron chi connectivity index (χ2n) is 6.05. The summed E-state index contributed by atoms with van der Waals surface area (Å²) in [6.45, 7) is 0. The molecule has 5 nitrogen and oxygen atoms in total. The van der Waals surface area contributed by atoms with E-state index in [0.29, 0.717) is 27.8 Å². The van der Waals surface area contributed by atoms with Gasteiger partial charge in [0, 0.05) is 45.3 Å². The molecule has 0 aliphatic heterocycles. The highest BCUT2D eigenvalue weighted by Gasteiger charge is 2.18. The second kappa shape index (κ2) is 6.46. The number of methoxy groups -OCH3 is 1. The number of aromatic nitrogens is 2. The Morgan fingerprint density at radius 1 is 1.11 bits per heavy atom. The number of fused-ring (bicyclic) bond motifs is 2. The molecular weight excluding hydrogens is 345 g/mol. The molecule has 0 radical (unpaired) electrons. The van der Waals surface area contributed by atoms with Crippen molar-refractivity contribution in [2.24, 2.45) is 0 Å². The summed E-state index contributed by atoms with van der Waals surface area (Å²) in [6, 6.07) is 11.7. The fraction of sp³-hybridized carbons (Fsp3) is 0.0476. The summed E-state index contributed by atoms with van der Waals surface area (Å²) in [5.41, 5.74) is 2.40. The summed E-state index contributed by atoms with van der Waals surface area (Å²) in [6.07, 6.45) is 4.74. The molecule has 132 valence electrons. The van der Waals surface area contributed by atoms with Crippen LogP contribution in [0.15, 0.2) is 54.4 Å². The van der Waals surface area contributed by atoms with Crippen molar-refractivity contribution in [3.05, 3.63) is 71.3 Å². The van der Waals surface area contributed by atoms with Gasteiger partial charge in [-0.05, 0) is 42.5 Å². The van der Waals surface area contributed by atoms with Crippen LogP contribution < -0.4 is 4.74 Å². The third kappa shape index (κ3) is 2.85. The zero-order valence-corrected chi connectivity index (χ0v) is 14.3. The number of allylic oxidation sites excluding steroid dienone is 1. The number of nitrogens with zero attached hydrogens (tertiary/aromatic N) is 1. The van der Waals surface area contributed by atoms with Crippen LogP contribution in [0.25, 0.3) is 27.9 Å². The van der Waals surface area contributed by atoms with Gasteiger partial charge >= 0.3 is 0 Å². The molecule has 2 aromatic carbocycles. The normalized spacial score (nSPS) is 11.7. The molecule has 0 spiro atoms. The van der Waals surface area contributed by atoms with E-state index in [2.05, 4.69) is 9.97 Å². The lowest BCUT2D eigenvalue weighted by Crippen LogP contribution is -2.01. The predicted octanol–water partition coefficient (Wildman–Crippen LogP) is 4.59. The highest BCUT2D eigenvalue weighted by molar-refractivity contribution is 6.20. The number of aromatic amines is 2. The Morgan fingerprint density at radius 2 is 1.93 bits per heavy atom. The van der Waals surface area contributed by atoms with Crippen molar-refractivity contribution in [2.45, 2.75) is 0 Å². The standard InChI is InChI=1S/C21H14FN3O2/c1-27-15-3-5-19-17(8-15)18(11-25-19)21(26)12(9-23)6-13-10-24-20-7-14(22)2-4-16(13)20/h2-8,10-11,24-25H,1H3/b12-6+. The Labute approximate surface area is 153 Å². The summed E-state index contributed by atoms with van der Waals surface area (Å²) < 4.78 is 18.6. The molecule has 0 saturated carbocycles. The highest BCUT2D eigenvalue weighted by atomic mass is 19.1. The number of carbonyl (C=O) groups is 1. The van der Waals surface area contributed by atoms with Gasteiger partial charge in [0.15, 0.2) is 0 Å². The van der Waals surface area contributed by atoms with Crippen molar-refractivity contribution in [2.75, 3.05) is 7.11 Å². The molecule has 0 saturated heterocycles. The van der Waals surface area contributed by atoms with Crippen LogP contribution in [0, 0.1) is 17.1 Å². The van der Waals surface area contributed by atoms with E-state index in [-0.39, 0.29) is 11.4 Å². The van der Waals surface area contributed by atoms with Crippen molar-refractivity contribution in [1.82, 2.24) is 9.97 Å². The van der Waals surface area contributed by atoms with Crippen LogP contribution in [0.5, 0.6) is 5.75 Å². The Bertz CT molecular complexity index is 1260. The number of nitrogens with one attached hydrogen (secondary N) is 2. The number of ketones is 1. The third-order valence-corrected chi connectivity index (χ3v) is 4.47. The van der Waals surface area contributed by atoms with E-state index in [0.717, 1.165) is 10.9 Å². The van der Waals surface area contributed by atoms with Gasteiger partial charge in [-0.15, -0.1) is 0 Å². The number of H-pyrrole nitrogens is 2. The zero-order chi connectivity index (χ0) is 19.0. The third-order valence-electron chi connectivity index (χ3n) is 4.47. The average Bonchev–Trinajstić information content (AvgIpc) is 3.28. The van der Waals surface area contributed by atoms with Crippen LogP contribution in [0.4, 0.5) is 4.39 Å². The van der Waals surface area contributed by atoms with Crippen molar-refractivity contribution in [3.63, 3.8) is 0 Å². The molecule has 2 heterocycles. The van der Waals surface area contributed by atoms with Crippen LogP contribution in [-0.4, -0.2) is 22.9 Å². The van der Waals surface area contributed by atoms with Gasteiger partial charge in [0.05, 0.1) is 7.11 Å². The fourth-order valence-corrected chi connectivity index (χ4v) is 3.10. The monoisotopic (exact) mass is 359 g/mol. The number of nitriles is 1. The van der Waals surface area contributed by atoms with Crippen molar-refractivity contribution in [3.8, 4) is 11.8 Å². The van der Waals surface area contributed by atoms with E-state index in [1.807, 2.05) is 12.1 Å². The quantitative estimate of drug-likeness (QED) is 0.318. The molecule has 4 aromatic rings. The summed E-state index contributed by atoms with van der Waals surface area (Å²) >= 11 is 0. The SMILES string of the molecule is COc1ccc2[nH]cc(C(=O)/C(C#N)=C/c3c[nH]c4cc(F)ccc34)c2c1. The lowest BCUT2D eigenvalue weighted by atomic mass is 10.0. The van der Waals surface area contributed by atoms with Gasteiger partial charge in [-0.25, -0.2) is 4.39 Å². The maximum Gasteiger partial charge on any atom is 0.205 e. The molecule has 0 unspecified atom stereocenters. The number of hydrogen-bond donors (Lipinski definition) is 2. The minimum Gasteiger partial charge on any atom is -0.497 e. The van der Waals surface area contributed by atoms with Gasteiger partial charge in [-0.1, -0.05) is 0 Å². The van der Waals surface area contributed by atoms with E-state index in [1.165, 1.54) is 18.2 Å². The van der Waals surface area contributed by atoms with Gasteiger partial charge in [0.25, 0.3) is 0 Å². The lowest BCUT2D eigenvalue weighted by Gasteiger charge is -2.01. The van der Waals surface area contributed by atoms with E-state index in [9.17, 15) is 14.4 Å². The molecule has 0 aliphatic rings. The average molecular weight is 359 g/mol. The molecular formula is C21H14FN3O2. The van der Waals surface area contributed by atoms with Crippen molar-refractivity contribution >= 4 is 33.7 Å². The maximum atomic E-state index is 13.3. The molecule has 4 rings (SSSR count). The van der Waals surface area contributed by atoms with Gasteiger partial charge in [-0.3, -0.25) is 4.79 Å². The number of ether oxygens (including phenoxy) is 1. The van der Waals surface area contributed by atoms with E-state index < -0.39 is 5.78 Å². The van der Waals surface area contributed by atoms with E-state index >= 15 is 0 Å². The minimum absolute atomic E-state index is 0.0102. The molecule has 0 atom stereocenters. The van der Waals surface area contributed by atoms with E-state index in [1.54, 1.807) is 37.7 Å². The van der Waals surface area contributed by atoms with Gasteiger partial charge in [0.2, 0.25) is 5.78 Å². The number of hydrogen-bond acceptors (Lipinski definition) is 3. The maximum absolute atomic E-state index is 13.3. The van der Waals surface area contributed by atoms with Crippen molar-refractivity contribution in [1.29, 1.82) is 5.26 Å². The number of Topliss-reactive ketones (excluding diaryl/α,β-unsaturated/α-hetero) is 1. The van der Waals surface area contributed by atoms with Crippen LogP contribution >= 0.6 is 0 Å². The number of halogens is 1. The first-order valence-corrected chi connectivity index (χ1v) is 8.19. The van der Waals surface area contributed by atoms with Crippen LogP contribution in [-0.2, 0) is 0 Å². The number of rotatable bonds is 4. The Balaban J connectivity index is 1.79. The summed E-state index contributed by atoms with van der Waals surface area (Å²) in [7, 11) is 1.55. The lowest BCUT2D eigenvalue weighted by molar-refractivity contribution is 0.104. The van der Waals surface area contributed by atoms with Crippen LogP contribution in [0.1, 0.15) is 15.9 Å². The molecule has 0 bridgehead atoms. The highest BCUT2D eigenvalue weighted by Crippen LogP contribution is 2.27. The molecule has 27 heavy (non-hydrogen) atoms. The molecule has 2 aromatic heterocycles. The van der Waals surface area contributed by atoms with Gasteiger partial charge in [0.1, 0.15) is 23.2 Å². The Hall–Kier alpha value is -3.85. The fourth-order valence-electron chi connectivity index (χ4n) is 3.10. The predicted molar refractivity (Wildman–Crippen MR) is 101 cm³/mol. The Morgan fingerprint density at radius 3 is 2.70 bits per heavy atom. The van der Waals surface area contributed by atoms with E-state index in [4.69, 9.17) is 4.74 Å². The topological polar surface area (TPSA) is 81.7 Å². The molecule has 6 heteroatoms. The van der Waals surface area contributed by atoms with Gasteiger partial charge in [-0.2, -0.15) is 5.26 Å². The summed E-state index contributed by atoms with van der Waals surface area (Å²) in [4.78, 5) is 18.9. The molecule has 0 fully saturated rings.